The third-order valence-corrected chi connectivity index (χ3v) is 14.6. The zero-order valence-electron chi connectivity index (χ0n) is 44.7. The van der Waals surface area contributed by atoms with Gasteiger partial charge >= 0.3 is 0 Å². The maximum absolute atomic E-state index is 10.4. The van der Waals surface area contributed by atoms with Crippen molar-refractivity contribution in [2.45, 2.75) is 258 Å². The Hall–Kier alpha value is -2.62. The molecule has 364 valence electrons. The zero-order valence-corrected chi connectivity index (χ0v) is 44.7. The van der Waals surface area contributed by atoms with Crippen molar-refractivity contribution < 1.29 is 20.1 Å². The van der Waals surface area contributed by atoms with E-state index in [2.05, 4.69) is 89.2 Å². The molecule has 0 aromatic heterocycles. The molecule has 63 heavy (non-hydrogen) atoms. The first kappa shape index (κ1) is 58.4. The molecule has 4 heteroatoms. The van der Waals surface area contributed by atoms with Gasteiger partial charge in [0.25, 0.3) is 0 Å². The molecule has 0 saturated carbocycles. The Morgan fingerprint density at radius 2 is 1.02 bits per heavy atom. The van der Waals surface area contributed by atoms with Crippen LogP contribution in [0.15, 0.2) is 17.7 Å². The fraction of sp³-hybridized carbons (Fsp3) is 0.763. The maximum Gasteiger partial charge on any atom is 0.127 e. The van der Waals surface area contributed by atoms with E-state index in [0.717, 1.165) is 88.3 Å². The van der Waals surface area contributed by atoms with E-state index in [9.17, 15) is 15.3 Å². The van der Waals surface area contributed by atoms with Gasteiger partial charge in [-0.2, -0.15) is 0 Å². The van der Waals surface area contributed by atoms with Crippen LogP contribution in [0, 0.1) is 77.0 Å². The second-order valence-electron chi connectivity index (χ2n) is 22.1. The molecule has 2 aromatic carbocycles. The average Bonchev–Trinajstić information content (AvgIpc) is 3.21. The third kappa shape index (κ3) is 22.9. The summed E-state index contributed by atoms with van der Waals surface area (Å²) >= 11 is 0. The summed E-state index contributed by atoms with van der Waals surface area (Å²) in [6, 6.07) is 1.57. The van der Waals surface area contributed by atoms with Crippen LogP contribution in [0.1, 0.15) is 244 Å². The van der Waals surface area contributed by atoms with Gasteiger partial charge in [-0.15, -0.1) is 0 Å². The summed E-state index contributed by atoms with van der Waals surface area (Å²) in [6.07, 6.45) is 30.3. The fourth-order valence-electron chi connectivity index (χ4n) is 9.48. The van der Waals surface area contributed by atoms with Gasteiger partial charge < -0.3 is 20.1 Å². The lowest BCUT2D eigenvalue weighted by Crippen LogP contribution is -2.37. The summed E-state index contributed by atoms with van der Waals surface area (Å²) in [7, 11) is 0. The molecule has 0 aliphatic carbocycles. The Balaban J connectivity index is 0.000000532. The summed E-state index contributed by atoms with van der Waals surface area (Å²) in [4.78, 5) is 0. The Morgan fingerprint density at radius 3 is 1.48 bits per heavy atom. The molecule has 5 atom stereocenters. The molecule has 4 nitrogen and oxygen atoms in total. The van der Waals surface area contributed by atoms with E-state index in [1.807, 2.05) is 13.8 Å². The van der Waals surface area contributed by atoms with Crippen molar-refractivity contribution in [3.8, 4) is 23.0 Å². The van der Waals surface area contributed by atoms with E-state index in [1.54, 1.807) is 32.4 Å². The van der Waals surface area contributed by atoms with E-state index in [4.69, 9.17) is 4.74 Å². The van der Waals surface area contributed by atoms with E-state index in [1.165, 1.54) is 121 Å². The SMILES string of the molecule is CCC=C(C)CCCC(C)CCCC(C)CCCC(C)C.Cc1c(C)c2c(c(C)c1O)CCC(C)(CCCC(C)CCCC(C)CCCC(C)C)O2.Cc1cc(O)c(C)c(C)c1O. The van der Waals surface area contributed by atoms with E-state index >= 15 is 0 Å². The van der Waals surface area contributed by atoms with Crippen molar-refractivity contribution in [2.24, 2.45) is 35.5 Å². The highest BCUT2D eigenvalue weighted by Crippen LogP contribution is 2.44. The molecule has 0 bridgehead atoms. The van der Waals surface area contributed by atoms with Crippen LogP contribution in [0.4, 0.5) is 0 Å². The molecule has 0 amide bonds. The molecule has 1 aliphatic heterocycles. The predicted octanol–water partition coefficient (Wildman–Crippen LogP) is 18.6. The van der Waals surface area contributed by atoms with Gasteiger partial charge in [0.1, 0.15) is 28.6 Å². The number of allylic oxidation sites excluding steroid dienone is 2. The van der Waals surface area contributed by atoms with E-state index in [0.29, 0.717) is 11.3 Å². The summed E-state index contributed by atoms with van der Waals surface area (Å²) in [5, 5.41) is 29.1. The quantitative estimate of drug-likeness (QED) is 0.0686. The van der Waals surface area contributed by atoms with Gasteiger partial charge in [0.15, 0.2) is 0 Å². The first-order chi connectivity index (χ1) is 29.5. The Morgan fingerprint density at radius 1 is 0.587 bits per heavy atom. The highest BCUT2D eigenvalue weighted by atomic mass is 16.5. The number of ether oxygens (including phenoxy) is 1. The van der Waals surface area contributed by atoms with Crippen molar-refractivity contribution in [3.05, 3.63) is 56.7 Å². The van der Waals surface area contributed by atoms with Gasteiger partial charge in [-0.3, -0.25) is 0 Å². The number of hydrogen-bond acceptors (Lipinski definition) is 4. The number of benzene rings is 2. The van der Waals surface area contributed by atoms with E-state index in [-0.39, 0.29) is 17.1 Å². The predicted molar refractivity (Wildman–Crippen MR) is 277 cm³/mol. The Bertz CT molecular complexity index is 1570. The summed E-state index contributed by atoms with van der Waals surface area (Å²) in [6.45, 7) is 37.4. The number of fused-ring (bicyclic) bond motifs is 1. The minimum atomic E-state index is -0.0712. The molecule has 5 unspecified atom stereocenters. The van der Waals surface area contributed by atoms with Gasteiger partial charge in [-0.1, -0.05) is 164 Å². The van der Waals surface area contributed by atoms with Gasteiger partial charge in [0, 0.05) is 5.56 Å². The van der Waals surface area contributed by atoms with Crippen LogP contribution in [0.3, 0.4) is 0 Å². The first-order valence-corrected chi connectivity index (χ1v) is 26.2. The number of phenolic OH excluding ortho intramolecular Hbond substituents is 3. The van der Waals surface area contributed by atoms with Crippen LogP contribution < -0.4 is 4.74 Å². The van der Waals surface area contributed by atoms with Crippen LogP contribution in [0.2, 0.25) is 0 Å². The lowest BCUT2D eigenvalue weighted by molar-refractivity contribution is 0.0511. The lowest BCUT2D eigenvalue weighted by atomic mass is 9.84. The third-order valence-electron chi connectivity index (χ3n) is 14.6. The summed E-state index contributed by atoms with van der Waals surface area (Å²) in [5.74, 6) is 7.29. The van der Waals surface area contributed by atoms with Gasteiger partial charge in [-0.05, 0) is 175 Å². The summed E-state index contributed by atoms with van der Waals surface area (Å²) < 4.78 is 6.60. The number of rotatable bonds is 25. The molecule has 0 radical (unpaired) electrons. The topological polar surface area (TPSA) is 69.9 Å². The van der Waals surface area contributed by atoms with Crippen molar-refractivity contribution >= 4 is 0 Å². The first-order valence-electron chi connectivity index (χ1n) is 26.2. The van der Waals surface area contributed by atoms with Gasteiger partial charge in [-0.25, -0.2) is 0 Å². The molecule has 0 spiro atoms. The van der Waals surface area contributed by atoms with Crippen molar-refractivity contribution in [1.82, 2.24) is 0 Å². The van der Waals surface area contributed by atoms with Crippen molar-refractivity contribution in [1.29, 1.82) is 0 Å². The van der Waals surface area contributed by atoms with E-state index < -0.39 is 0 Å². The highest BCUT2D eigenvalue weighted by molar-refractivity contribution is 5.58. The molecule has 3 rings (SSSR count). The van der Waals surface area contributed by atoms with Gasteiger partial charge in [0.2, 0.25) is 0 Å². The lowest BCUT2D eigenvalue weighted by Gasteiger charge is -2.38. The minimum absolute atomic E-state index is 0.0712. The normalized spacial score (nSPS) is 17.0. The minimum Gasteiger partial charge on any atom is -0.508 e. The van der Waals surface area contributed by atoms with Crippen molar-refractivity contribution in [2.75, 3.05) is 0 Å². The molecule has 0 saturated heterocycles. The monoisotopic (exact) mass is 877 g/mol. The molecular weight excluding hydrogens is 773 g/mol. The molecule has 3 N–H and O–H groups in total. The molecule has 2 aromatic rings. The smallest absolute Gasteiger partial charge is 0.127 e. The Kier molecular flexibility index (Phi) is 28.3. The van der Waals surface area contributed by atoms with Crippen molar-refractivity contribution in [3.63, 3.8) is 0 Å². The molecule has 1 heterocycles. The summed E-state index contributed by atoms with van der Waals surface area (Å²) in [5.41, 5.74) is 8.02. The van der Waals surface area contributed by atoms with Crippen LogP contribution in [-0.4, -0.2) is 20.9 Å². The highest BCUT2D eigenvalue weighted by Gasteiger charge is 2.34. The molecular formula is C59H104O4. The average molecular weight is 877 g/mol. The largest absolute Gasteiger partial charge is 0.508 e. The zero-order chi connectivity index (χ0) is 47.9. The molecule has 0 fully saturated rings. The second kappa shape index (κ2) is 30.6. The van der Waals surface area contributed by atoms with Crippen LogP contribution in [0.5, 0.6) is 23.0 Å². The number of hydrogen-bond donors (Lipinski definition) is 3. The molecule has 1 aliphatic rings. The number of aromatic hydroxyl groups is 3. The fourth-order valence-corrected chi connectivity index (χ4v) is 9.48. The number of phenols is 3. The number of aryl methyl sites for hydroxylation is 1. The maximum atomic E-state index is 10.4. The standard InChI is InChI=1S/C29H50O2.C21H42.C9H12O2/c1-20(2)12-9-13-21(3)14-10-15-22(4)16-11-18-29(8)19-17-26-25(7)27(30)23(5)24(6)28(26)31-29;1-7-11-19(4)14-9-15-21(6)17-10-16-20(5)13-8-12-18(2)3;1-5-4-8(10)6(2)7(3)9(5)11/h20-22,30H,9-19H2,1-8H3;11,18,20-21H,7-10,12-17H2,1-6H3;4,10-11H,1-3H3. The Labute approximate surface area is 391 Å². The van der Waals surface area contributed by atoms with Crippen LogP contribution in [-0.2, 0) is 6.42 Å². The van der Waals surface area contributed by atoms with Gasteiger partial charge in [0.05, 0.1) is 0 Å². The van der Waals surface area contributed by atoms with Crippen LogP contribution >= 0.6 is 0 Å². The second-order valence-corrected chi connectivity index (χ2v) is 22.1. The van der Waals surface area contributed by atoms with Crippen LogP contribution in [0.25, 0.3) is 0 Å².